The first-order valence-corrected chi connectivity index (χ1v) is 8.27. The van der Waals surface area contributed by atoms with Gasteiger partial charge in [-0.1, -0.05) is 13.8 Å². The molecule has 2 heterocycles. The van der Waals surface area contributed by atoms with Crippen LogP contribution in [-0.4, -0.2) is 27.1 Å². The molecule has 26 heavy (non-hydrogen) atoms. The monoisotopic (exact) mass is 349 g/mol. The van der Waals surface area contributed by atoms with E-state index in [1.54, 1.807) is 23.2 Å². The molecule has 0 saturated carbocycles. The molecule has 2 aromatic heterocycles. The lowest BCUT2D eigenvalue weighted by atomic mass is 10.1. The molecule has 0 fully saturated rings. The van der Waals surface area contributed by atoms with Crippen LogP contribution in [0.25, 0.3) is 10.9 Å². The molecule has 3 rings (SSSR count). The molecule has 0 unspecified atom stereocenters. The van der Waals surface area contributed by atoms with Crippen LogP contribution >= 0.6 is 0 Å². The van der Waals surface area contributed by atoms with Crippen LogP contribution in [0.2, 0.25) is 0 Å². The van der Waals surface area contributed by atoms with Gasteiger partial charge < -0.3 is 14.6 Å². The summed E-state index contributed by atoms with van der Waals surface area (Å²) in [5, 5.41) is 13.4. The molecule has 0 atom stereocenters. The number of carbonyl (C=O) groups is 1. The third-order valence-corrected chi connectivity index (χ3v) is 3.73. The number of nitrogens with one attached hydrogen (secondary N) is 1. The fourth-order valence-corrected chi connectivity index (χ4v) is 2.57. The first kappa shape index (κ1) is 17.4. The van der Waals surface area contributed by atoms with Crippen LogP contribution in [0.1, 0.15) is 19.4 Å². The maximum atomic E-state index is 12.0. The summed E-state index contributed by atoms with van der Waals surface area (Å²) in [7, 11) is 0. The Hall–Kier alpha value is -3.40. The summed E-state index contributed by atoms with van der Waals surface area (Å²) in [6.45, 7) is 4.43. The van der Waals surface area contributed by atoms with Crippen LogP contribution in [0.4, 0.5) is 11.4 Å². The van der Waals surface area contributed by atoms with Gasteiger partial charge in [0.25, 0.3) is 0 Å². The number of rotatable bonds is 6. The number of ether oxygens (including phenoxy) is 1. The van der Waals surface area contributed by atoms with Crippen LogP contribution < -0.4 is 5.32 Å². The molecular weight excluding hydrogens is 330 g/mol. The average Bonchev–Trinajstić information content (AvgIpc) is 2.98. The Balaban J connectivity index is 1.85. The summed E-state index contributed by atoms with van der Waals surface area (Å²) in [5.41, 5.74) is 2.87. The zero-order valence-electron chi connectivity index (χ0n) is 14.6. The maximum absolute atomic E-state index is 12.0. The zero-order chi connectivity index (χ0) is 18.5. The standard InChI is InChI=1S/C19H19N5O2/c1-13(2)11-26-19(25)10-24-9-14(6-20)17-5-15(3-4-18(17)24)23-16-7-21-12-22-8-16/h3-5,7-9,12-13,23H,10-11H2,1-2H3. The molecule has 0 saturated heterocycles. The van der Waals surface area contributed by atoms with Crippen molar-refractivity contribution in [2.24, 2.45) is 5.92 Å². The second kappa shape index (κ2) is 7.66. The van der Waals surface area contributed by atoms with E-state index in [0.717, 1.165) is 22.3 Å². The largest absolute Gasteiger partial charge is 0.464 e. The summed E-state index contributed by atoms with van der Waals surface area (Å²) >= 11 is 0. The third-order valence-electron chi connectivity index (χ3n) is 3.73. The lowest BCUT2D eigenvalue weighted by Crippen LogP contribution is -2.15. The van der Waals surface area contributed by atoms with Crippen molar-refractivity contribution in [1.82, 2.24) is 14.5 Å². The Kier molecular flexibility index (Phi) is 5.13. The number of nitrogens with zero attached hydrogens (tertiary/aromatic N) is 4. The molecule has 1 aromatic carbocycles. The van der Waals surface area contributed by atoms with Gasteiger partial charge in [0.15, 0.2) is 0 Å². The van der Waals surface area contributed by atoms with Crippen LogP contribution in [0.3, 0.4) is 0 Å². The van der Waals surface area contributed by atoms with Gasteiger partial charge in [0.05, 0.1) is 35.8 Å². The summed E-state index contributed by atoms with van der Waals surface area (Å²) in [5.74, 6) is -0.0330. The minimum absolute atomic E-state index is 0.0736. The lowest BCUT2D eigenvalue weighted by Gasteiger charge is -2.09. The van der Waals surface area contributed by atoms with Gasteiger partial charge in [0.2, 0.25) is 0 Å². The number of benzene rings is 1. The van der Waals surface area contributed by atoms with E-state index in [1.165, 1.54) is 6.33 Å². The van der Waals surface area contributed by atoms with Gasteiger partial charge in [-0.15, -0.1) is 0 Å². The van der Waals surface area contributed by atoms with Gasteiger partial charge in [-0.2, -0.15) is 5.26 Å². The number of hydrogen-bond donors (Lipinski definition) is 1. The average molecular weight is 349 g/mol. The van der Waals surface area contributed by atoms with E-state index in [4.69, 9.17) is 4.74 Å². The Morgan fingerprint density at radius 2 is 2.08 bits per heavy atom. The van der Waals surface area contributed by atoms with Gasteiger partial charge in [0, 0.05) is 17.3 Å². The first-order valence-electron chi connectivity index (χ1n) is 8.27. The van der Waals surface area contributed by atoms with Crippen LogP contribution in [0.5, 0.6) is 0 Å². The van der Waals surface area contributed by atoms with Crippen molar-refractivity contribution < 1.29 is 9.53 Å². The van der Waals surface area contributed by atoms with Crippen LogP contribution in [0, 0.1) is 17.2 Å². The fourth-order valence-electron chi connectivity index (χ4n) is 2.57. The molecule has 132 valence electrons. The summed E-state index contributed by atoms with van der Waals surface area (Å²) in [6.07, 6.45) is 6.47. The fraction of sp³-hybridized carbons (Fsp3) is 0.263. The van der Waals surface area contributed by atoms with Crippen molar-refractivity contribution in [1.29, 1.82) is 5.26 Å². The third kappa shape index (κ3) is 3.98. The number of anilines is 2. The van der Waals surface area contributed by atoms with Gasteiger partial charge in [0.1, 0.15) is 18.9 Å². The van der Waals surface area contributed by atoms with Gasteiger partial charge in [-0.25, -0.2) is 9.97 Å². The number of nitriles is 1. The molecule has 7 heteroatoms. The zero-order valence-corrected chi connectivity index (χ0v) is 14.6. The molecule has 1 N–H and O–H groups in total. The smallest absolute Gasteiger partial charge is 0.325 e. The normalized spacial score (nSPS) is 10.7. The number of aromatic nitrogens is 3. The molecule has 0 spiro atoms. The highest BCUT2D eigenvalue weighted by Crippen LogP contribution is 2.26. The van der Waals surface area contributed by atoms with Crippen LogP contribution in [0.15, 0.2) is 43.1 Å². The van der Waals surface area contributed by atoms with Gasteiger partial charge in [-0.3, -0.25) is 4.79 Å². The highest BCUT2D eigenvalue weighted by molar-refractivity contribution is 5.90. The van der Waals surface area contributed by atoms with Crippen LogP contribution in [-0.2, 0) is 16.1 Å². The maximum Gasteiger partial charge on any atom is 0.325 e. The highest BCUT2D eigenvalue weighted by atomic mass is 16.5. The van der Waals surface area contributed by atoms with E-state index in [-0.39, 0.29) is 18.4 Å². The Bertz CT molecular complexity index is 957. The van der Waals surface area contributed by atoms with E-state index in [1.807, 2.05) is 32.0 Å². The van der Waals surface area contributed by atoms with E-state index >= 15 is 0 Å². The van der Waals surface area contributed by atoms with E-state index < -0.39 is 0 Å². The predicted molar refractivity (Wildman–Crippen MR) is 97.8 cm³/mol. The molecule has 0 radical (unpaired) electrons. The minimum atomic E-state index is -0.316. The molecular formula is C19H19N5O2. The van der Waals surface area contributed by atoms with Crippen molar-refractivity contribution >= 4 is 28.2 Å². The number of hydrogen-bond acceptors (Lipinski definition) is 6. The number of esters is 1. The number of fused-ring (bicyclic) bond motifs is 1. The molecule has 3 aromatic rings. The quantitative estimate of drug-likeness (QED) is 0.687. The van der Waals surface area contributed by atoms with Crippen molar-refractivity contribution in [3.63, 3.8) is 0 Å². The molecule has 0 amide bonds. The second-order valence-corrected chi connectivity index (χ2v) is 6.34. The second-order valence-electron chi connectivity index (χ2n) is 6.34. The SMILES string of the molecule is CC(C)COC(=O)Cn1cc(C#N)c2cc(Nc3cncnc3)ccc21. The van der Waals surface area contributed by atoms with E-state index in [0.29, 0.717) is 12.2 Å². The van der Waals surface area contributed by atoms with Gasteiger partial charge in [-0.05, 0) is 24.1 Å². The molecule has 0 aliphatic heterocycles. The van der Waals surface area contributed by atoms with Crippen molar-refractivity contribution in [3.8, 4) is 6.07 Å². The Morgan fingerprint density at radius 3 is 2.77 bits per heavy atom. The summed E-state index contributed by atoms with van der Waals surface area (Å²) in [4.78, 5) is 19.9. The van der Waals surface area contributed by atoms with E-state index in [2.05, 4.69) is 21.4 Å². The van der Waals surface area contributed by atoms with Crippen molar-refractivity contribution in [2.75, 3.05) is 11.9 Å². The molecule has 0 aliphatic carbocycles. The van der Waals surface area contributed by atoms with Crippen molar-refractivity contribution in [3.05, 3.63) is 48.7 Å². The molecule has 0 aliphatic rings. The Labute approximate surface area is 151 Å². The predicted octanol–water partition coefficient (Wildman–Crippen LogP) is 3.25. The number of carbonyl (C=O) groups excluding carboxylic acids is 1. The minimum Gasteiger partial charge on any atom is -0.464 e. The first-order chi connectivity index (χ1) is 12.6. The van der Waals surface area contributed by atoms with E-state index in [9.17, 15) is 10.1 Å². The topological polar surface area (TPSA) is 92.8 Å². The lowest BCUT2D eigenvalue weighted by molar-refractivity contribution is -0.145. The summed E-state index contributed by atoms with van der Waals surface area (Å²) in [6, 6.07) is 7.81. The van der Waals surface area contributed by atoms with Gasteiger partial charge >= 0.3 is 5.97 Å². The van der Waals surface area contributed by atoms with Crippen molar-refractivity contribution in [2.45, 2.75) is 20.4 Å². The highest BCUT2D eigenvalue weighted by Gasteiger charge is 2.13. The summed E-state index contributed by atoms with van der Waals surface area (Å²) < 4.78 is 6.98. The molecule has 7 nitrogen and oxygen atoms in total. The molecule has 0 bridgehead atoms. The Morgan fingerprint density at radius 1 is 1.31 bits per heavy atom.